The molecule has 0 amide bonds. The fraction of sp³-hybridized carbons (Fsp3) is 0.294. The van der Waals surface area contributed by atoms with Gasteiger partial charge in [-0.05, 0) is 31.9 Å². The Morgan fingerprint density at radius 1 is 0.833 bits per heavy atom. The van der Waals surface area contributed by atoms with Crippen molar-refractivity contribution in [3.63, 3.8) is 0 Å². The van der Waals surface area contributed by atoms with E-state index in [4.69, 9.17) is 0 Å². The van der Waals surface area contributed by atoms with Crippen LogP contribution in [0.4, 0.5) is 0 Å². The molecule has 0 aliphatic heterocycles. The predicted octanol–water partition coefficient (Wildman–Crippen LogP) is 4.15. The van der Waals surface area contributed by atoms with Crippen LogP contribution < -0.4 is 5.32 Å². The minimum Gasteiger partial charge on any atom is -0.306 e. The summed E-state index contributed by atoms with van der Waals surface area (Å²) in [7, 11) is 0. The summed E-state index contributed by atoms with van der Waals surface area (Å²) < 4.78 is 0. The van der Waals surface area contributed by atoms with Gasteiger partial charge in [-0.3, -0.25) is 0 Å². The normalized spacial score (nSPS) is 12.4. The van der Waals surface area contributed by atoms with E-state index in [-0.39, 0.29) is 0 Å². The molecule has 1 heteroatoms. The van der Waals surface area contributed by atoms with Gasteiger partial charge in [-0.1, -0.05) is 59.7 Å². The van der Waals surface area contributed by atoms with E-state index in [1.54, 1.807) is 0 Å². The van der Waals surface area contributed by atoms with Crippen LogP contribution >= 0.6 is 0 Å². The second-order valence-corrected chi connectivity index (χ2v) is 5.00. The number of benzene rings is 2. The molecule has 0 fully saturated rings. The minimum absolute atomic E-state index is 0.381. The second kappa shape index (κ2) is 5.83. The van der Waals surface area contributed by atoms with Gasteiger partial charge in [-0.2, -0.15) is 0 Å². The van der Waals surface area contributed by atoms with Gasteiger partial charge >= 0.3 is 0 Å². The van der Waals surface area contributed by atoms with E-state index in [1.807, 2.05) is 0 Å². The minimum atomic E-state index is 0.381. The fourth-order valence-electron chi connectivity index (χ4n) is 1.95. The molecule has 0 heterocycles. The Bertz CT molecular complexity index is 482. The van der Waals surface area contributed by atoms with E-state index in [1.165, 1.54) is 22.3 Å². The summed E-state index contributed by atoms with van der Waals surface area (Å²) in [6, 6.07) is 17.8. The van der Waals surface area contributed by atoms with Crippen LogP contribution in [0.2, 0.25) is 0 Å². The van der Waals surface area contributed by atoms with Gasteiger partial charge in [0, 0.05) is 12.6 Å². The topological polar surface area (TPSA) is 12.0 Å². The van der Waals surface area contributed by atoms with E-state index in [2.05, 4.69) is 74.6 Å². The molecule has 1 nitrogen and oxygen atoms in total. The van der Waals surface area contributed by atoms with Crippen molar-refractivity contribution in [3.8, 4) is 0 Å². The Hall–Kier alpha value is -1.60. The summed E-state index contributed by atoms with van der Waals surface area (Å²) in [5.74, 6) is 0. The second-order valence-electron chi connectivity index (χ2n) is 5.00. The molecule has 1 N–H and O–H groups in total. The first-order chi connectivity index (χ1) is 8.65. The molecule has 18 heavy (non-hydrogen) atoms. The summed E-state index contributed by atoms with van der Waals surface area (Å²) in [6.07, 6.45) is 0. The van der Waals surface area contributed by atoms with Gasteiger partial charge < -0.3 is 5.32 Å². The summed E-state index contributed by atoms with van der Waals surface area (Å²) in [5.41, 5.74) is 5.29. The van der Waals surface area contributed by atoms with Crippen LogP contribution in [0.1, 0.15) is 35.2 Å². The molecule has 2 aromatic rings. The lowest BCUT2D eigenvalue weighted by atomic mass is 10.1. The van der Waals surface area contributed by atoms with Gasteiger partial charge in [0.1, 0.15) is 0 Å². The van der Waals surface area contributed by atoms with E-state index >= 15 is 0 Å². The molecule has 1 atom stereocenters. The molecule has 0 saturated carbocycles. The maximum atomic E-state index is 3.55. The van der Waals surface area contributed by atoms with E-state index in [0.29, 0.717) is 6.04 Å². The van der Waals surface area contributed by atoms with Crippen molar-refractivity contribution >= 4 is 0 Å². The smallest absolute Gasteiger partial charge is 0.0294 e. The van der Waals surface area contributed by atoms with Crippen molar-refractivity contribution in [2.75, 3.05) is 0 Å². The largest absolute Gasteiger partial charge is 0.306 e. The molecule has 0 bridgehead atoms. The van der Waals surface area contributed by atoms with Gasteiger partial charge in [0.2, 0.25) is 0 Å². The van der Waals surface area contributed by atoms with Gasteiger partial charge in [0.25, 0.3) is 0 Å². The van der Waals surface area contributed by atoms with Crippen molar-refractivity contribution in [2.45, 2.75) is 33.4 Å². The molecule has 0 unspecified atom stereocenters. The maximum Gasteiger partial charge on any atom is 0.0294 e. The van der Waals surface area contributed by atoms with Crippen molar-refractivity contribution in [2.24, 2.45) is 0 Å². The van der Waals surface area contributed by atoms with Crippen molar-refractivity contribution < 1.29 is 0 Å². The van der Waals surface area contributed by atoms with E-state index < -0.39 is 0 Å². The number of hydrogen-bond donors (Lipinski definition) is 1. The quantitative estimate of drug-likeness (QED) is 0.845. The molecular weight excluding hydrogens is 218 g/mol. The Balaban J connectivity index is 1.93. The first kappa shape index (κ1) is 12.8. The zero-order valence-electron chi connectivity index (χ0n) is 11.4. The molecule has 0 radical (unpaired) electrons. The lowest BCUT2D eigenvalue weighted by Crippen LogP contribution is -2.17. The van der Waals surface area contributed by atoms with Crippen LogP contribution in [0.3, 0.4) is 0 Å². The highest BCUT2D eigenvalue weighted by atomic mass is 14.9. The molecular formula is C17H21N. The Morgan fingerprint density at radius 2 is 1.33 bits per heavy atom. The maximum absolute atomic E-state index is 3.55. The van der Waals surface area contributed by atoms with Crippen LogP contribution in [0.15, 0.2) is 48.5 Å². The fourth-order valence-corrected chi connectivity index (χ4v) is 1.95. The highest BCUT2D eigenvalue weighted by Crippen LogP contribution is 2.14. The third-order valence-electron chi connectivity index (χ3n) is 3.31. The van der Waals surface area contributed by atoms with Crippen molar-refractivity contribution in [3.05, 3.63) is 70.8 Å². The lowest BCUT2D eigenvalue weighted by Gasteiger charge is -2.14. The first-order valence-electron chi connectivity index (χ1n) is 6.50. The Morgan fingerprint density at radius 3 is 1.89 bits per heavy atom. The zero-order valence-corrected chi connectivity index (χ0v) is 11.4. The number of rotatable bonds is 4. The summed E-state index contributed by atoms with van der Waals surface area (Å²) >= 11 is 0. The van der Waals surface area contributed by atoms with Crippen LogP contribution in [0.5, 0.6) is 0 Å². The standard InChI is InChI=1S/C17H21N/c1-13-4-8-16(9-5-13)12-18-15(3)17-10-6-14(2)7-11-17/h4-11,15,18H,12H2,1-3H3/t15-/m0/s1. The molecule has 0 spiro atoms. The van der Waals surface area contributed by atoms with Gasteiger partial charge in [0.05, 0.1) is 0 Å². The average molecular weight is 239 g/mol. The summed E-state index contributed by atoms with van der Waals surface area (Å²) in [5, 5.41) is 3.55. The molecule has 0 aliphatic carbocycles. The molecule has 0 saturated heterocycles. The first-order valence-corrected chi connectivity index (χ1v) is 6.50. The highest BCUT2D eigenvalue weighted by Gasteiger charge is 2.04. The van der Waals surface area contributed by atoms with Crippen molar-refractivity contribution in [1.82, 2.24) is 5.32 Å². The monoisotopic (exact) mass is 239 g/mol. The van der Waals surface area contributed by atoms with Crippen LogP contribution in [-0.2, 0) is 6.54 Å². The Kier molecular flexibility index (Phi) is 4.16. The van der Waals surface area contributed by atoms with Crippen LogP contribution in [0.25, 0.3) is 0 Å². The third kappa shape index (κ3) is 3.44. The predicted molar refractivity (Wildman–Crippen MR) is 77.6 cm³/mol. The third-order valence-corrected chi connectivity index (χ3v) is 3.31. The average Bonchev–Trinajstić information content (AvgIpc) is 2.38. The van der Waals surface area contributed by atoms with Crippen molar-refractivity contribution in [1.29, 1.82) is 0 Å². The molecule has 0 aliphatic rings. The molecule has 0 aromatic heterocycles. The summed E-state index contributed by atoms with van der Waals surface area (Å²) in [6.45, 7) is 7.36. The molecule has 2 rings (SSSR count). The van der Waals surface area contributed by atoms with Gasteiger partial charge in [-0.15, -0.1) is 0 Å². The summed E-state index contributed by atoms with van der Waals surface area (Å²) in [4.78, 5) is 0. The lowest BCUT2D eigenvalue weighted by molar-refractivity contribution is 0.574. The van der Waals surface area contributed by atoms with Crippen LogP contribution in [-0.4, -0.2) is 0 Å². The SMILES string of the molecule is Cc1ccc(CN[C@@H](C)c2ccc(C)cc2)cc1. The van der Waals surface area contributed by atoms with Gasteiger partial charge in [0.15, 0.2) is 0 Å². The van der Waals surface area contributed by atoms with Crippen LogP contribution in [0, 0.1) is 13.8 Å². The molecule has 94 valence electrons. The zero-order chi connectivity index (χ0) is 13.0. The molecule has 2 aromatic carbocycles. The highest BCUT2D eigenvalue weighted by molar-refractivity contribution is 5.24. The van der Waals surface area contributed by atoms with E-state index in [9.17, 15) is 0 Å². The number of hydrogen-bond acceptors (Lipinski definition) is 1. The number of nitrogens with one attached hydrogen (secondary N) is 1. The Labute approximate surface area is 110 Å². The number of aryl methyl sites for hydroxylation is 2. The van der Waals surface area contributed by atoms with Gasteiger partial charge in [-0.25, -0.2) is 0 Å². The van der Waals surface area contributed by atoms with E-state index in [0.717, 1.165) is 6.54 Å².